The van der Waals surface area contributed by atoms with Gasteiger partial charge in [-0.05, 0) is 45.7 Å². The van der Waals surface area contributed by atoms with Crippen molar-refractivity contribution in [1.82, 2.24) is 9.80 Å². The maximum Gasteiger partial charge on any atom is 0.228 e. The van der Waals surface area contributed by atoms with E-state index in [2.05, 4.69) is 0 Å². The first-order chi connectivity index (χ1) is 14.8. The van der Waals surface area contributed by atoms with Crippen molar-refractivity contribution in [2.75, 3.05) is 37.6 Å². The largest absolute Gasteiger partial charge is 0.372 e. The number of amides is 3. The molecule has 168 valence electrons. The molecule has 0 radical (unpaired) electrons. The number of benzene rings is 1. The van der Waals surface area contributed by atoms with Crippen molar-refractivity contribution in [2.45, 2.75) is 52.2 Å². The molecule has 7 nitrogen and oxygen atoms in total. The predicted molar refractivity (Wildman–Crippen MR) is 118 cm³/mol. The van der Waals surface area contributed by atoms with Crippen LogP contribution in [-0.2, 0) is 19.1 Å². The van der Waals surface area contributed by atoms with Gasteiger partial charge in [-0.25, -0.2) is 0 Å². The van der Waals surface area contributed by atoms with Crippen LogP contribution in [0.15, 0.2) is 24.3 Å². The molecule has 0 N–H and O–H groups in total. The number of anilines is 1. The standard InChI is InChI=1S/C24H33N3O4/c1-16-4-6-21(7-5-16)27-15-20(12-22(27)28)24(30)25-10-8-19(9-11-25)23(29)26-13-17(2)31-18(3)14-26/h4-7,17-20H,8-15H2,1-3H3/t17-,18-,20+/m0/s1. The van der Waals surface area contributed by atoms with Gasteiger partial charge in [-0.1, -0.05) is 17.7 Å². The first-order valence-corrected chi connectivity index (χ1v) is 11.4. The molecule has 3 amide bonds. The summed E-state index contributed by atoms with van der Waals surface area (Å²) < 4.78 is 5.74. The third-order valence-electron chi connectivity index (χ3n) is 6.71. The molecule has 31 heavy (non-hydrogen) atoms. The fourth-order valence-electron chi connectivity index (χ4n) is 5.07. The van der Waals surface area contributed by atoms with Crippen molar-refractivity contribution >= 4 is 23.4 Å². The molecule has 3 saturated heterocycles. The second kappa shape index (κ2) is 8.99. The second-order valence-electron chi connectivity index (χ2n) is 9.34. The summed E-state index contributed by atoms with van der Waals surface area (Å²) in [6.07, 6.45) is 1.76. The maximum absolute atomic E-state index is 13.1. The molecular weight excluding hydrogens is 394 g/mol. The second-order valence-corrected chi connectivity index (χ2v) is 9.34. The highest BCUT2D eigenvalue weighted by Gasteiger charge is 2.39. The smallest absolute Gasteiger partial charge is 0.228 e. The molecule has 0 aliphatic carbocycles. The topological polar surface area (TPSA) is 70.2 Å². The van der Waals surface area contributed by atoms with Crippen molar-refractivity contribution in [1.29, 1.82) is 0 Å². The zero-order valence-corrected chi connectivity index (χ0v) is 18.8. The molecule has 3 aliphatic rings. The summed E-state index contributed by atoms with van der Waals surface area (Å²) in [6.45, 7) is 8.89. The molecular formula is C24H33N3O4. The quantitative estimate of drug-likeness (QED) is 0.742. The van der Waals surface area contributed by atoms with Crippen LogP contribution in [0.3, 0.4) is 0 Å². The van der Waals surface area contributed by atoms with Crippen LogP contribution in [0.25, 0.3) is 0 Å². The minimum Gasteiger partial charge on any atom is -0.372 e. The molecule has 3 atom stereocenters. The van der Waals surface area contributed by atoms with Gasteiger partial charge in [0.05, 0.1) is 18.1 Å². The van der Waals surface area contributed by atoms with Crippen molar-refractivity contribution in [2.24, 2.45) is 11.8 Å². The van der Waals surface area contributed by atoms with E-state index in [-0.39, 0.29) is 48.2 Å². The molecule has 3 aliphatic heterocycles. The highest BCUT2D eigenvalue weighted by molar-refractivity contribution is 6.00. The van der Waals surface area contributed by atoms with E-state index in [1.54, 1.807) is 4.90 Å². The first kappa shape index (κ1) is 21.8. The summed E-state index contributed by atoms with van der Waals surface area (Å²) in [6, 6.07) is 7.83. The van der Waals surface area contributed by atoms with Gasteiger partial charge in [0.1, 0.15) is 0 Å². The summed E-state index contributed by atoms with van der Waals surface area (Å²) in [5.74, 6) is -0.0983. The molecule has 3 fully saturated rings. The van der Waals surface area contributed by atoms with Gasteiger partial charge in [-0.15, -0.1) is 0 Å². The average molecular weight is 428 g/mol. The lowest BCUT2D eigenvalue weighted by Crippen LogP contribution is -2.52. The first-order valence-electron chi connectivity index (χ1n) is 11.4. The zero-order valence-electron chi connectivity index (χ0n) is 18.8. The SMILES string of the molecule is Cc1ccc(N2C[C@H](C(=O)N3CCC(C(=O)N4C[C@H](C)O[C@@H](C)C4)CC3)CC2=O)cc1. The summed E-state index contributed by atoms with van der Waals surface area (Å²) in [7, 11) is 0. The van der Waals surface area contributed by atoms with Gasteiger partial charge >= 0.3 is 0 Å². The number of aryl methyl sites for hydroxylation is 1. The van der Waals surface area contributed by atoms with E-state index < -0.39 is 0 Å². The van der Waals surface area contributed by atoms with Crippen LogP contribution in [-0.4, -0.2) is 72.5 Å². The van der Waals surface area contributed by atoms with Crippen LogP contribution in [0, 0.1) is 18.8 Å². The number of rotatable bonds is 3. The Labute approximate surface area is 184 Å². The van der Waals surface area contributed by atoms with E-state index in [0.29, 0.717) is 45.6 Å². The minimum atomic E-state index is -0.304. The van der Waals surface area contributed by atoms with Gasteiger partial charge in [0.25, 0.3) is 0 Å². The van der Waals surface area contributed by atoms with E-state index in [1.807, 2.05) is 54.8 Å². The van der Waals surface area contributed by atoms with E-state index in [1.165, 1.54) is 0 Å². The Morgan fingerprint density at radius 1 is 0.871 bits per heavy atom. The number of carbonyl (C=O) groups is 3. The van der Waals surface area contributed by atoms with Gasteiger partial charge < -0.3 is 19.4 Å². The molecule has 0 saturated carbocycles. The van der Waals surface area contributed by atoms with E-state index in [0.717, 1.165) is 11.3 Å². The van der Waals surface area contributed by atoms with Crippen molar-refractivity contribution in [3.05, 3.63) is 29.8 Å². The Kier molecular flexibility index (Phi) is 6.32. The number of nitrogens with zero attached hydrogens (tertiary/aromatic N) is 3. The average Bonchev–Trinajstić information content (AvgIpc) is 3.14. The molecule has 1 aromatic carbocycles. The van der Waals surface area contributed by atoms with Crippen LogP contribution in [0.5, 0.6) is 0 Å². The van der Waals surface area contributed by atoms with Crippen LogP contribution < -0.4 is 4.90 Å². The third-order valence-corrected chi connectivity index (χ3v) is 6.71. The van der Waals surface area contributed by atoms with Crippen molar-refractivity contribution in [3.63, 3.8) is 0 Å². The molecule has 1 aromatic rings. The highest BCUT2D eigenvalue weighted by atomic mass is 16.5. The number of likely N-dealkylation sites (tertiary alicyclic amines) is 1. The lowest BCUT2D eigenvalue weighted by molar-refractivity contribution is -0.150. The van der Waals surface area contributed by atoms with Gasteiger partial charge in [-0.3, -0.25) is 14.4 Å². The summed E-state index contributed by atoms with van der Waals surface area (Å²) in [5, 5.41) is 0. The fraction of sp³-hybridized carbons (Fsp3) is 0.625. The van der Waals surface area contributed by atoms with Crippen LogP contribution in [0.1, 0.15) is 38.7 Å². The Morgan fingerprint density at radius 3 is 2.06 bits per heavy atom. The summed E-state index contributed by atoms with van der Waals surface area (Å²) in [4.78, 5) is 44.1. The predicted octanol–water partition coefficient (Wildman–Crippen LogP) is 2.22. The monoisotopic (exact) mass is 427 g/mol. The van der Waals surface area contributed by atoms with E-state index >= 15 is 0 Å². The van der Waals surface area contributed by atoms with Crippen molar-refractivity contribution in [3.8, 4) is 0 Å². The molecule has 7 heteroatoms. The van der Waals surface area contributed by atoms with Gasteiger partial charge in [-0.2, -0.15) is 0 Å². The highest BCUT2D eigenvalue weighted by Crippen LogP contribution is 2.29. The number of morpholine rings is 1. The van der Waals surface area contributed by atoms with Gasteiger partial charge in [0.15, 0.2) is 0 Å². The summed E-state index contributed by atoms with van der Waals surface area (Å²) >= 11 is 0. The Morgan fingerprint density at radius 2 is 1.45 bits per heavy atom. The number of ether oxygens (including phenoxy) is 1. The number of hydrogen-bond acceptors (Lipinski definition) is 4. The Bertz CT molecular complexity index is 822. The lowest BCUT2D eigenvalue weighted by atomic mass is 9.93. The minimum absolute atomic E-state index is 0.00261. The molecule has 0 spiro atoms. The third kappa shape index (κ3) is 4.76. The van der Waals surface area contributed by atoms with Crippen LogP contribution >= 0.6 is 0 Å². The van der Waals surface area contributed by atoms with E-state index in [9.17, 15) is 14.4 Å². The van der Waals surface area contributed by atoms with Crippen LogP contribution in [0.2, 0.25) is 0 Å². The maximum atomic E-state index is 13.1. The lowest BCUT2D eigenvalue weighted by Gasteiger charge is -2.39. The number of carbonyl (C=O) groups excluding carboxylic acids is 3. The molecule has 0 unspecified atom stereocenters. The van der Waals surface area contributed by atoms with Gasteiger partial charge in [0, 0.05) is 50.7 Å². The van der Waals surface area contributed by atoms with E-state index in [4.69, 9.17) is 4.74 Å². The normalized spacial score (nSPS) is 27.6. The molecule has 4 rings (SSSR count). The zero-order chi connectivity index (χ0) is 22.1. The summed E-state index contributed by atoms with van der Waals surface area (Å²) in [5.41, 5.74) is 1.99. The van der Waals surface area contributed by atoms with Crippen LogP contribution in [0.4, 0.5) is 5.69 Å². The molecule has 0 aromatic heterocycles. The number of piperidine rings is 1. The Hall–Kier alpha value is -2.41. The molecule has 0 bridgehead atoms. The van der Waals surface area contributed by atoms with Crippen molar-refractivity contribution < 1.29 is 19.1 Å². The van der Waals surface area contributed by atoms with Gasteiger partial charge in [0.2, 0.25) is 17.7 Å². The Balaban J connectivity index is 1.31. The molecule has 3 heterocycles. The number of hydrogen-bond donors (Lipinski definition) is 0. The fourth-order valence-corrected chi connectivity index (χ4v) is 5.07.